The molecule has 114 valence electrons. The lowest BCUT2D eigenvalue weighted by Gasteiger charge is -2.32. The number of hydrogen-bond acceptors (Lipinski definition) is 2. The fourth-order valence-corrected chi connectivity index (χ4v) is 2.60. The highest BCUT2D eigenvalue weighted by Crippen LogP contribution is 2.26. The van der Waals surface area contributed by atoms with Crippen molar-refractivity contribution in [2.24, 2.45) is 5.41 Å². The predicted octanol–water partition coefficient (Wildman–Crippen LogP) is 4.09. The Balaban J connectivity index is 2.71. The number of aryl methyl sites for hydroxylation is 1. The zero-order valence-electron chi connectivity index (χ0n) is 13.6. The van der Waals surface area contributed by atoms with Crippen LogP contribution in [-0.2, 0) is 6.42 Å². The van der Waals surface area contributed by atoms with E-state index in [0.717, 1.165) is 32.2 Å². The lowest BCUT2D eigenvalue weighted by atomic mass is 9.83. The minimum Gasteiger partial charge on any atom is -0.396 e. The van der Waals surface area contributed by atoms with Crippen LogP contribution in [0, 0.1) is 5.41 Å². The molecule has 2 heteroatoms. The number of aliphatic hydroxyl groups is 1. The van der Waals surface area contributed by atoms with Crippen molar-refractivity contribution in [3.05, 3.63) is 35.4 Å². The average Bonchev–Trinajstić information content (AvgIpc) is 2.53. The van der Waals surface area contributed by atoms with Gasteiger partial charge >= 0.3 is 0 Å². The van der Waals surface area contributed by atoms with Gasteiger partial charge < -0.3 is 10.4 Å². The molecule has 0 aliphatic rings. The van der Waals surface area contributed by atoms with Crippen molar-refractivity contribution in [2.75, 3.05) is 13.2 Å². The van der Waals surface area contributed by atoms with Crippen molar-refractivity contribution in [2.45, 2.75) is 59.4 Å². The van der Waals surface area contributed by atoms with E-state index >= 15 is 0 Å². The zero-order valence-corrected chi connectivity index (χ0v) is 13.6. The Hall–Kier alpha value is -0.860. The van der Waals surface area contributed by atoms with Crippen molar-refractivity contribution in [1.29, 1.82) is 0 Å². The fraction of sp³-hybridized carbons (Fsp3) is 0.667. The third kappa shape index (κ3) is 4.32. The van der Waals surface area contributed by atoms with Crippen molar-refractivity contribution in [3.8, 4) is 0 Å². The maximum absolute atomic E-state index is 9.66. The summed E-state index contributed by atoms with van der Waals surface area (Å²) in [6, 6.07) is 9.29. The van der Waals surface area contributed by atoms with Crippen LogP contribution in [0.4, 0.5) is 0 Å². The highest BCUT2D eigenvalue weighted by Gasteiger charge is 2.26. The molecular formula is C18H31NO. The number of hydrogen-bond donors (Lipinski definition) is 2. The van der Waals surface area contributed by atoms with Crippen molar-refractivity contribution in [1.82, 2.24) is 5.32 Å². The van der Waals surface area contributed by atoms with Gasteiger partial charge in [-0.1, -0.05) is 52.0 Å². The third-order valence-corrected chi connectivity index (χ3v) is 4.76. The molecule has 0 saturated heterocycles. The molecule has 0 heterocycles. The highest BCUT2D eigenvalue weighted by molar-refractivity contribution is 5.25. The molecule has 2 nitrogen and oxygen atoms in total. The maximum atomic E-state index is 9.66. The van der Waals surface area contributed by atoms with Gasteiger partial charge in [-0.05, 0) is 36.8 Å². The van der Waals surface area contributed by atoms with Gasteiger partial charge in [0.15, 0.2) is 0 Å². The van der Waals surface area contributed by atoms with E-state index in [1.165, 1.54) is 11.1 Å². The summed E-state index contributed by atoms with van der Waals surface area (Å²) < 4.78 is 0. The second-order valence-electron chi connectivity index (χ2n) is 5.80. The quantitative estimate of drug-likeness (QED) is 0.712. The van der Waals surface area contributed by atoms with E-state index in [4.69, 9.17) is 0 Å². The molecule has 0 bridgehead atoms. The van der Waals surface area contributed by atoms with Crippen molar-refractivity contribution < 1.29 is 5.11 Å². The van der Waals surface area contributed by atoms with Crippen LogP contribution >= 0.6 is 0 Å². The minimum absolute atomic E-state index is 0.0246. The van der Waals surface area contributed by atoms with Gasteiger partial charge in [-0.25, -0.2) is 0 Å². The van der Waals surface area contributed by atoms with Crippen LogP contribution in [-0.4, -0.2) is 18.3 Å². The molecule has 0 aliphatic carbocycles. The van der Waals surface area contributed by atoms with Gasteiger partial charge in [-0.15, -0.1) is 0 Å². The van der Waals surface area contributed by atoms with Crippen LogP contribution in [0.2, 0.25) is 0 Å². The first-order valence-electron chi connectivity index (χ1n) is 8.07. The van der Waals surface area contributed by atoms with Gasteiger partial charge in [0.25, 0.3) is 0 Å². The first-order chi connectivity index (χ1) is 9.64. The largest absolute Gasteiger partial charge is 0.396 e. The Labute approximate surface area is 124 Å². The third-order valence-electron chi connectivity index (χ3n) is 4.76. The number of rotatable bonds is 9. The Bertz CT molecular complexity index is 359. The van der Waals surface area contributed by atoms with E-state index in [1.807, 2.05) is 0 Å². The van der Waals surface area contributed by atoms with Gasteiger partial charge in [-0.2, -0.15) is 0 Å². The molecule has 1 aromatic rings. The second-order valence-corrected chi connectivity index (χ2v) is 5.80. The van der Waals surface area contributed by atoms with E-state index in [0.29, 0.717) is 6.04 Å². The lowest BCUT2D eigenvalue weighted by molar-refractivity contribution is 0.109. The Kier molecular flexibility index (Phi) is 7.25. The zero-order chi connectivity index (χ0) is 15.0. The summed E-state index contributed by atoms with van der Waals surface area (Å²) >= 11 is 0. The average molecular weight is 277 g/mol. The summed E-state index contributed by atoms with van der Waals surface area (Å²) in [5.74, 6) is 0. The molecule has 0 spiro atoms. The minimum atomic E-state index is 0.0246. The first-order valence-corrected chi connectivity index (χ1v) is 8.07. The molecule has 1 rings (SSSR count). The molecule has 0 fully saturated rings. The molecule has 1 unspecified atom stereocenters. The summed E-state index contributed by atoms with van der Waals surface area (Å²) in [6.45, 7) is 9.87. The molecule has 1 atom stereocenters. The number of nitrogens with one attached hydrogen (secondary N) is 1. The number of aliphatic hydroxyl groups excluding tert-OH is 1. The molecule has 2 N–H and O–H groups in total. The molecular weight excluding hydrogens is 246 g/mol. The van der Waals surface area contributed by atoms with Crippen molar-refractivity contribution in [3.63, 3.8) is 0 Å². The van der Waals surface area contributed by atoms with E-state index in [2.05, 4.69) is 57.3 Å². The molecule has 1 aromatic carbocycles. The van der Waals surface area contributed by atoms with E-state index in [9.17, 15) is 5.11 Å². The normalized spacial score (nSPS) is 13.4. The molecule has 0 aliphatic heterocycles. The first kappa shape index (κ1) is 17.2. The smallest absolute Gasteiger partial charge is 0.0499 e. The van der Waals surface area contributed by atoms with Crippen LogP contribution in [0.1, 0.15) is 64.1 Å². The SMILES string of the molecule is CCc1ccc(C(CC)NCC(CC)(CC)CO)cc1. The van der Waals surface area contributed by atoms with E-state index < -0.39 is 0 Å². The van der Waals surface area contributed by atoms with E-state index in [-0.39, 0.29) is 12.0 Å². The Morgan fingerprint density at radius 2 is 1.65 bits per heavy atom. The molecule has 0 saturated carbocycles. The summed E-state index contributed by atoms with van der Waals surface area (Å²) in [4.78, 5) is 0. The standard InChI is InChI=1S/C18H31NO/c1-5-15-9-11-16(12-10-15)17(6-2)19-13-18(7-3,8-4)14-20/h9-12,17,19-20H,5-8,13-14H2,1-4H3. The van der Waals surface area contributed by atoms with Gasteiger partial charge in [-0.3, -0.25) is 0 Å². The van der Waals surface area contributed by atoms with Crippen LogP contribution < -0.4 is 5.32 Å². The Morgan fingerprint density at radius 3 is 2.05 bits per heavy atom. The molecule has 0 amide bonds. The van der Waals surface area contributed by atoms with Crippen LogP contribution in [0.3, 0.4) is 0 Å². The topological polar surface area (TPSA) is 32.3 Å². The van der Waals surface area contributed by atoms with Crippen LogP contribution in [0.15, 0.2) is 24.3 Å². The fourth-order valence-electron chi connectivity index (χ4n) is 2.60. The molecule has 20 heavy (non-hydrogen) atoms. The van der Waals surface area contributed by atoms with Gasteiger partial charge in [0.2, 0.25) is 0 Å². The summed E-state index contributed by atoms with van der Waals surface area (Å²) in [6.07, 6.45) is 4.18. The maximum Gasteiger partial charge on any atom is 0.0499 e. The van der Waals surface area contributed by atoms with Gasteiger partial charge in [0.1, 0.15) is 0 Å². The van der Waals surface area contributed by atoms with Crippen LogP contribution in [0.25, 0.3) is 0 Å². The summed E-state index contributed by atoms with van der Waals surface area (Å²) in [5, 5.41) is 13.3. The van der Waals surface area contributed by atoms with Gasteiger partial charge in [0.05, 0.1) is 0 Å². The lowest BCUT2D eigenvalue weighted by Crippen LogP contribution is -2.38. The molecule has 0 aromatic heterocycles. The summed E-state index contributed by atoms with van der Waals surface area (Å²) in [5.41, 5.74) is 2.76. The number of benzene rings is 1. The monoisotopic (exact) mass is 277 g/mol. The highest BCUT2D eigenvalue weighted by atomic mass is 16.3. The molecule has 0 radical (unpaired) electrons. The second kappa shape index (κ2) is 8.43. The van der Waals surface area contributed by atoms with Crippen molar-refractivity contribution >= 4 is 0 Å². The predicted molar refractivity (Wildman–Crippen MR) is 87.0 cm³/mol. The van der Waals surface area contributed by atoms with Crippen LogP contribution in [0.5, 0.6) is 0 Å². The van der Waals surface area contributed by atoms with E-state index in [1.54, 1.807) is 0 Å². The summed E-state index contributed by atoms with van der Waals surface area (Å²) in [7, 11) is 0. The van der Waals surface area contributed by atoms with Gasteiger partial charge in [0, 0.05) is 24.6 Å². The Morgan fingerprint density at radius 1 is 1.05 bits per heavy atom.